The van der Waals surface area contributed by atoms with Crippen LogP contribution in [0.25, 0.3) is 0 Å². The fourth-order valence-electron chi connectivity index (χ4n) is 2.05. The van der Waals surface area contributed by atoms with Crippen LogP contribution < -0.4 is 11.3 Å². The van der Waals surface area contributed by atoms with Gasteiger partial charge < -0.3 is 0 Å². The first-order valence-corrected chi connectivity index (χ1v) is 6.19. The number of thiophene rings is 1. The van der Waals surface area contributed by atoms with Crippen molar-refractivity contribution in [1.29, 1.82) is 0 Å². The predicted molar refractivity (Wildman–Crippen MR) is 61.1 cm³/mol. The summed E-state index contributed by atoms with van der Waals surface area (Å²) >= 11 is 1.82. The Morgan fingerprint density at radius 1 is 1.64 bits per heavy atom. The largest absolute Gasteiger partial charge is 0.271 e. The molecule has 2 rings (SSSR count). The summed E-state index contributed by atoms with van der Waals surface area (Å²) in [5.74, 6) is 6.52. The number of nitrogens with one attached hydrogen (secondary N) is 1. The smallest absolute Gasteiger partial charge is 0.0558 e. The summed E-state index contributed by atoms with van der Waals surface area (Å²) in [7, 11) is 0. The Hall–Kier alpha value is -0.380. The van der Waals surface area contributed by atoms with Gasteiger partial charge in [0.25, 0.3) is 0 Å². The SMILES string of the molecule is Cc1ccsc1C(CC1CCC1)NN. The number of aryl methyl sites for hydroxylation is 1. The molecule has 78 valence electrons. The van der Waals surface area contributed by atoms with E-state index >= 15 is 0 Å². The van der Waals surface area contributed by atoms with Gasteiger partial charge in [-0.2, -0.15) is 0 Å². The average Bonchev–Trinajstić information content (AvgIpc) is 2.51. The van der Waals surface area contributed by atoms with Crippen LogP contribution in [0, 0.1) is 12.8 Å². The van der Waals surface area contributed by atoms with Crippen molar-refractivity contribution >= 4 is 11.3 Å². The van der Waals surface area contributed by atoms with Crippen LogP contribution in [-0.4, -0.2) is 0 Å². The molecule has 0 aromatic carbocycles. The first-order valence-electron chi connectivity index (χ1n) is 5.31. The van der Waals surface area contributed by atoms with E-state index in [4.69, 9.17) is 5.84 Å². The second-order valence-corrected chi connectivity index (χ2v) is 5.17. The third-order valence-corrected chi connectivity index (χ3v) is 4.35. The molecule has 0 aliphatic heterocycles. The van der Waals surface area contributed by atoms with Gasteiger partial charge in [0.1, 0.15) is 0 Å². The molecule has 1 heterocycles. The summed E-state index contributed by atoms with van der Waals surface area (Å²) < 4.78 is 0. The molecular formula is C11H18N2S. The molecule has 3 N–H and O–H groups in total. The van der Waals surface area contributed by atoms with Crippen molar-refractivity contribution in [3.63, 3.8) is 0 Å². The van der Waals surface area contributed by atoms with Gasteiger partial charge in [-0.25, -0.2) is 0 Å². The Labute approximate surface area is 89.5 Å². The summed E-state index contributed by atoms with van der Waals surface area (Å²) in [6, 6.07) is 2.55. The molecule has 1 fully saturated rings. The lowest BCUT2D eigenvalue weighted by molar-refractivity contribution is 0.263. The van der Waals surface area contributed by atoms with E-state index in [1.54, 1.807) is 0 Å². The highest BCUT2D eigenvalue weighted by Crippen LogP contribution is 2.36. The predicted octanol–water partition coefficient (Wildman–Crippen LogP) is 2.75. The molecule has 1 aromatic heterocycles. The van der Waals surface area contributed by atoms with Crippen LogP contribution in [0.1, 0.15) is 42.2 Å². The maximum atomic E-state index is 5.62. The lowest BCUT2D eigenvalue weighted by Gasteiger charge is -2.29. The van der Waals surface area contributed by atoms with Crippen molar-refractivity contribution in [2.45, 2.75) is 38.6 Å². The van der Waals surface area contributed by atoms with Crippen LogP contribution in [0.4, 0.5) is 0 Å². The van der Waals surface area contributed by atoms with Crippen molar-refractivity contribution in [2.75, 3.05) is 0 Å². The molecule has 14 heavy (non-hydrogen) atoms. The highest BCUT2D eigenvalue weighted by atomic mass is 32.1. The summed E-state index contributed by atoms with van der Waals surface area (Å²) in [4.78, 5) is 1.42. The van der Waals surface area contributed by atoms with Crippen LogP contribution in [0.5, 0.6) is 0 Å². The van der Waals surface area contributed by atoms with Gasteiger partial charge in [0.05, 0.1) is 6.04 Å². The maximum absolute atomic E-state index is 5.62. The van der Waals surface area contributed by atoms with Crippen LogP contribution >= 0.6 is 11.3 Å². The molecular weight excluding hydrogens is 192 g/mol. The van der Waals surface area contributed by atoms with Crippen LogP contribution in [0.2, 0.25) is 0 Å². The van der Waals surface area contributed by atoms with Crippen molar-refractivity contribution in [1.82, 2.24) is 5.43 Å². The van der Waals surface area contributed by atoms with Gasteiger partial charge in [0.2, 0.25) is 0 Å². The van der Waals surface area contributed by atoms with Gasteiger partial charge >= 0.3 is 0 Å². The first-order chi connectivity index (χ1) is 6.81. The highest BCUT2D eigenvalue weighted by Gasteiger charge is 2.23. The monoisotopic (exact) mass is 210 g/mol. The molecule has 3 heteroatoms. The number of nitrogens with two attached hydrogens (primary N) is 1. The number of rotatable bonds is 4. The standard InChI is InChI=1S/C11H18N2S/c1-8-5-6-14-11(8)10(13-12)7-9-3-2-4-9/h5-6,9-10,13H,2-4,7,12H2,1H3. The topological polar surface area (TPSA) is 38.0 Å². The zero-order valence-electron chi connectivity index (χ0n) is 8.62. The molecule has 0 bridgehead atoms. The normalized spacial score (nSPS) is 19.3. The molecule has 1 aromatic rings. The summed E-state index contributed by atoms with van der Waals surface area (Å²) in [6.45, 7) is 2.16. The van der Waals surface area contributed by atoms with Crippen molar-refractivity contribution < 1.29 is 0 Å². The van der Waals surface area contributed by atoms with Crippen molar-refractivity contribution in [2.24, 2.45) is 11.8 Å². The van der Waals surface area contributed by atoms with Gasteiger partial charge in [-0.05, 0) is 36.3 Å². The third kappa shape index (κ3) is 2.00. The molecule has 0 spiro atoms. The van der Waals surface area contributed by atoms with E-state index in [1.807, 2.05) is 11.3 Å². The molecule has 1 unspecified atom stereocenters. The zero-order valence-corrected chi connectivity index (χ0v) is 9.44. The van der Waals surface area contributed by atoms with E-state index in [0.29, 0.717) is 6.04 Å². The second kappa shape index (κ2) is 4.43. The summed E-state index contributed by atoms with van der Waals surface area (Å²) in [5.41, 5.74) is 4.33. The Bertz CT molecular complexity index is 291. The van der Waals surface area contributed by atoms with E-state index in [-0.39, 0.29) is 0 Å². The minimum Gasteiger partial charge on any atom is -0.271 e. The van der Waals surface area contributed by atoms with E-state index < -0.39 is 0 Å². The third-order valence-electron chi connectivity index (χ3n) is 3.21. The Morgan fingerprint density at radius 3 is 2.86 bits per heavy atom. The number of hydrogen-bond donors (Lipinski definition) is 2. The Balaban J connectivity index is 2.01. The second-order valence-electron chi connectivity index (χ2n) is 4.22. The average molecular weight is 210 g/mol. The maximum Gasteiger partial charge on any atom is 0.0558 e. The molecule has 0 saturated heterocycles. The van der Waals surface area contributed by atoms with E-state index in [1.165, 1.54) is 36.1 Å². The van der Waals surface area contributed by atoms with Gasteiger partial charge in [-0.3, -0.25) is 11.3 Å². The van der Waals surface area contributed by atoms with Gasteiger partial charge in [0, 0.05) is 4.88 Å². The molecule has 0 radical (unpaired) electrons. The number of hydrazine groups is 1. The van der Waals surface area contributed by atoms with Crippen LogP contribution in [0.15, 0.2) is 11.4 Å². The minimum atomic E-state index is 0.375. The first kappa shape index (κ1) is 10.1. The lowest BCUT2D eigenvalue weighted by atomic mass is 9.80. The van der Waals surface area contributed by atoms with Crippen molar-refractivity contribution in [3.8, 4) is 0 Å². The fourth-order valence-corrected chi connectivity index (χ4v) is 3.06. The number of hydrogen-bond acceptors (Lipinski definition) is 3. The molecule has 1 saturated carbocycles. The molecule has 0 amide bonds. The molecule has 1 aliphatic rings. The van der Waals surface area contributed by atoms with Crippen LogP contribution in [0.3, 0.4) is 0 Å². The van der Waals surface area contributed by atoms with E-state index in [2.05, 4.69) is 23.8 Å². The zero-order chi connectivity index (χ0) is 9.97. The van der Waals surface area contributed by atoms with Crippen LogP contribution in [-0.2, 0) is 0 Å². The summed E-state index contributed by atoms with van der Waals surface area (Å²) in [5, 5.41) is 2.15. The Morgan fingerprint density at radius 2 is 2.43 bits per heavy atom. The van der Waals surface area contributed by atoms with E-state index in [9.17, 15) is 0 Å². The molecule has 1 aliphatic carbocycles. The fraction of sp³-hybridized carbons (Fsp3) is 0.636. The van der Waals surface area contributed by atoms with Gasteiger partial charge in [-0.1, -0.05) is 19.3 Å². The molecule has 2 nitrogen and oxygen atoms in total. The van der Waals surface area contributed by atoms with Crippen molar-refractivity contribution in [3.05, 3.63) is 21.9 Å². The lowest BCUT2D eigenvalue weighted by Crippen LogP contribution is -2.30. The summed E-state index contributed by atoms with van der Waals surface area (Å²) in [6.07, 6.45) is 5.40. The quantitative estimate of drug-likeness (QED) is 0.592. The van der Waals surface area contributed by atoms with Gasteiger partial charge in [0.15, 0.2) is 0 Å². The minimum absolute atomic E-state index is 0.375. The molecule has 1 atom stereocenters. The highest BCUT2D eigenvalue weighted by molar-refractivity contribution is 7.10. The van der Waals surface area contributed by atoms with Gasteiger partial charge in [-0.15, -0.1) is 11.3 Å². The Kier molecular flexibility index (Phi) is 3.21. The van der Waals surface area contributed by atoms with E-state index in [0.717, 1.165) is 5.92 Å².